The van der Waals surface area contributed by atoms with E-state index in [9.17, 15) is 4.79 Å². The lowest BCUT2D eigenvalue weighted by Crippen LogP contribution is -2.16. The first-order valence-corrected chi connectivity index (χ1v) is 7.84. The van der Waals surface area contributed by atoms with E-state index in [1.165, 1.54) is 7.11 Å². The van der Waals surface area contributed by atoms with E-state index in [0.29, 0.717) is 54.1 Å². The van der Waals surface area contributed by atoms with Gasteiger partial charge in [-0.2, -0.15) is 0 Å². The van der Waals surface area contributed by atoms with Gasteiger partial charge < -0.3 is 24.3 Å². The van der Waals surface area contributed by atoms with E-state index in [1.54, 1.807) is 42.5 Å². The molecule has 0 radical (unpaired) electrons. The monoisotopic (exact) mass is 341 g/mol. The second-order valence-electron chi connectivity index (χ2n) is 5.28. The molecule has 0 spiro atoms. The number of ether oxygens (including phenoxy) is 4. The van der Waals surface area contributed by atoms with Crippen molar-refractivity contribution in [3.05, 3.63) is 54.6 Å². The lowest BCUT2D eigenvalue weighted by atomic mass is 10.1. The highest BCUT2D eigenvalue weighted by Crippen LogP contribution is 2.33. The summed E-state index contributed by atoms with van der Waals surface area (Å²) in [6, 6.07) is 10.3. The van der Waals surface area contributed by atoms with Crippen LogP contribution in [0.2, 0.25) is 0 Å². The normalized spacial score (nSPS) is 12.2. The smallest absolute Gasteiger partial charge is 0.255 e. The van der Waals surface area contributed by atoms with E-state index in [4.69, 9.17) is 18.9 Å². The second kappa shape index (κ2) is 7.61. The van der Waals surface area contributed by atoms with Gasteiger partial charge in [0.1, 0.15) is 19.8 Å². The van der Waals surface area contributed by atoms with Crippen molar-refractivity contribution < 1.29 is 23.7 Å². The largest absolute Gasteiger partial charge is 0.493 e. The van der Waals surface area contributed by atoms with Crippen molar-refractivity contribution >= 4 is 11.6 Å². The first-order valence-electron chi connectivity index (χ1n) is 7.84. The lowest BCUT2D eigenvalue weighted by Gasteiger charge is -2.19. The molecule has 2 aromatic carbocycles. The Morgan fingerprint density at radius 2 is 1.96 bits per heavy atom. The van der Waals surface area contributed by atoms with E-state index >= 15 is 0 Å². The number of anilines is 1. The van der Waals surface area contributed by atoms with Crippen molar-refractivity contribution in [1.29, 1.82) is 0 Å². The number of hydrogen-bond acceptors (Lipinski definition) is 5. The molecule has 1 heterocycles. The van der Waals surface area contributed by atoms with Crippen LogP contribution >= 0.6 is 0 Å². The van der Waals surface area contributed by atoms with Crippen molar-refractivity contribution in [1.82, 2.24) is 0 Å². The number of amides is 1. The average molecular weight is 341 g/mol. The average Bonchev–Trinajstić information content (AvgIpc) is 2.66. The van der Waals surface area contributed by atoms with Crippen LogP contribution in [0, 0.1) is 0 Å². The molecule has 3 rings (SSSR count). The summed E-state index contributed by atoms with van der Waals surface area (Å²) in [5.74, 6) is 2.07. The van der Waals surface area contributed by atoms with Crippen LogP contribution in [0.4, 0.5) is 5.69 Å². The molecular weight excluding hydrogens is 322 g/mol. The van der Waals surface area contributed by atoms with Gasteiger partial charge in [0.15, 0.2) is 23.0 Å². The Morgan fingerprint density at radius 3 is 2.72 bits per heavy atom. The molecule has 1 aliphatic heterocycles. The van der Waals surface area contributed by atoms with Crippen LogP contribution in [0.15, 0.2) is 49.1 Å². The summed E-state index contributed by atoms with van der Waals surface area (Å²) in [6.45, 7) is 4.99. The van der Waals surface area contributed by atoms with E-state index in [2.05, 4.69) is 11.9 Å². The third-order valence-corrected chi connectivity index (χ3v) is 3.58. The number of nitrogens with one attached hydrogen (secondary N) is 1. The Morgan fingerprint density at radius 1 is 1.16 bits per heavy atom. The van der Waals surface area contributed by atoms with Crippen molar-refractivity contribution in [2.75, 3.05) is 32.2 Å². The summed E-state index contributed by atoms with van der Waals surface area (Å²) < 4.78 is 21.8. The van der Waals surface area contributed by atoms with Gasteiger partial charge in [-0.15, -0.1) is 0 Å². The van der Waals surface area contributed by atoms with Gasteiger partial charge in [-0.1, -0.05) is 12.7 Å². The van der Waals surface area contributed by atoms with Gasteiger partial charge in [0.25, 0.3) is 5.91 Å². The number of fused-ring (bicyclic) bond motifs is 1. The molecule has 130 valence electrons. The van der Waals surface area contributed by atoms with Crippen LogP contribution in [0.25, 0.3) is 0 Å². The summed E-state index contributed by atoms with van der Waals surface area (Å²) in [4.78, 5) is 12.5. The molecule has 0 saturated heterocycles. The summed E-state index contributed by atoms with van der Waals surface area (Å²) >= 11 is 0. The number of hydrogen-bond donors (Lipinski definition) is 1. The van der Waals surface area contributed by atoms with Gasteiger partial charge in [-0.3, -0.25) is 4.79 Å². The number of methoxy groups -OCH3 is 1. The lowest BCUT2D eigenvalue weighted by molar-refractivity contribution is 0.102. The van der Waals surface area contributed by atoms with Gasteiger partial charge in [0.2, 0.25) is 0 Å². The highest BCUT2D eigenvalue weighted by atomic mass is 16.6. The van der Waals surface area contributed by atoms with E-state index in [1.807, 2.05) is 0 Å². The van der Waals surface area contributed by atoms with Crippen LogP contribution < -0.4 is 24.3 Å². The van der Waals surface area contributed by atoms with Gasteiger partial charge in [-0.05, 0) is 30.3 Å². The quantitative estimate of drug-likeness (QED) is 0.817. The summed E-state index contributed by atoms with van der Waals surface area (Å²) in [6.07, 6.45) is 1.64. The Balaban J connectivity index is 1.75. The maximum atomic E-state index is 12.5. The van der Waals surface area contributed by atoms with Crippen molar-refractivity contribution in [2.24, 2.45) is 0 Å². The molecule has 0 saturated carbocycles. The Bertz CT molecular complexity index is 787. The zero-order valence-electron chi connectivity index (χ0n) is 13.9. The maximum Gasteiger partial charge on any atom is 0.255 e. The molecule has 0 bridgehead atoms. The van der Waals surface area contributed by atoms with Crippen molar-refractivity contribution in [3.8, 4) is 23.0 Å². The molecule has 6 nitrogen and oxygen atoms in total. The molecule has 2 aromatic rings. The summed E-state index contributed by atoms with van der Waals surface area (Å²) in [5.41, 5.74) is 1.08. The Labute approximate surface area is 146 Å². The minimum absolute atomic E-state index is 0.259. The fourth-order valence-corrected chi connectivity index (χ4v) is 2.40. The second-order valence-corrected chi connectivity index (χ2v) is 5.28. The Kier molecular flexibility index (Phi) is 5.09. The molecule has 6 heteroatoms. The van der Waals surface area contributed by atoms with Crippen LogP contribution in [0.3, 0.4) is 0 Å². The number of carbonyl (C=O) groups excluding carboxylic acids is 1. The molecule has 1 N–H and O–H groups in total. The zero-order chi connectivity index (χ0) is 17.6. The first kappa shape index (κ1) is 16.7. The van der Waals surface area contributed by atoms with Crippen LogP contribution in [-0.2, 0) is 0 Å². The first-order chi connectivity index (χ1) is 12.2. The fourth-order valence-electron chi connectivity index (χ4n) is 2.40. The predicted octanol–water partition coefficient (Wildman–Crippen LogP) is 3.28. The molecule has 0 atom stereocenters. The minimum atomic E-state index is -0.259. The van der Waals surface area contributed by atoms with Crippen molar-refractivity contribution in [3.63, 3.8) is 0 Å². The summed E-state index contributed by atoms with van der Waals surface area (Å²) in [7, 11) is 1.53. The van der Waals surface area contributed by atoms with Gasteiger partial charge in [0.05, 0.1) is 7.11 Å². The highest BCUT2D eigenvalue weighted by Gasteiger charge is 2.15. The van der Waals surface area contributed by atoms with Gasteiger partial charge >= 0.3 is 0 Å². The van der Waals surface area contributed by atoms with Gasteiger partial charge in [0, 0.05) is 17.3 Å². The number of rotatable bonds is 6. The standard InChI is InChI=1S/C19H19NO5/c1-3-8-23-15-6-4-13(11-17(15)22-2)19(21)20-14-5-7-16-18(12-14)25-10-9-24-16/h3-7,11-12H,1,8-10H2,2H3,(H,20,21). The molecule has 25 heavy (non-hydrogen) atoms. The molecule has 1 aliphatic rings. The minimum Gasteiger partial charge on any atom is -0.493 e. The maximum absolute atomic E-state index is 12.5. The molecular formula is C19H19NO5. The molecule has 1 amide bonds. The summed E-state index contributed by atoms with van der Waals surface area (Å²) in [5, 5.41) is 2.84. The Hall–Kier alpha value is -3.15. The zero-order valence-corrected chi connectivity index (χ0v) is 13.9. The third-order valence-electron chi connectivity index (χ3n) is 3.58. The third kappa shape index (κ3) is 3.85. The fraction of sp³-hybridized carbons (Fsp3) is 0.211. The van der Waals surface area contributed by atoms with Crippen LogP contribution in [-0.4, -0.2) is 32.8 Å². The highest BCUT2D eigenvalue weighted by molar-refractivity contribution is 6.04. The molecule has 0 unspecified atom stereocenters. The topological polar surface area (TPSA) is 66.0 Å². The molecule has 0 aliphatic carbocycles. The van der Waals surface area contributed by atoms with Crippen molar-refractivity contribution in [2.45, 2.75) is 0 Å². The number of benzene rings is 2. The van der Waals surface area contributed by atoms with E-state index in [0.717, 1.165) is 0 Å². The molecule has 0 fully saturated rings. The number of carbonyl (C=O) groups is 1. The molecule has 0 aromatic heterocycles. The predicted molar refractivity (Wildman–Crippen MR) is 94.1 cm³/mol. The SMILES string of the molecule is C=CCOc1ccc(C(=O)Nc2ccc3c(c2)OCCO3)cc1OC. The van der Waals surface area contributed by atoms with Crippen LogP contribution in [0.1, 0.15) is 10.4 Å². The van der Waals surface area contributed by atoms with E-state index < -0.39 is 0 Å². The van der Waals surface area contributed by atoms with Crippen LogP contribution in [0.5, 0.6) is 23.0 Å². The van der Waals surface area contributed by atoms with Gasteiger partial charge in [-0.25, -0.2) is 0 Å². The van der Waals surface area contributed by atoms with E-state index in [-0.39, 0.29) is 5.91 Å².